The molecule has 0 amide bonds. The van der Waals surface area contributed by atoms with Crippen LogP contribution in [-0.2, 0) is 0 Å². The molecule has 0 bridgehead atoms. The normalized spacial score (nSPS) is 14.4. The highest BCUT2D eigenvalue weighted by Crippen LogP contribution is 2.32. The van der Waals surface area contributed by atoms with Gasteiger partial charge < -0.3 is 20.5 Å². The fourth-order valence-electron chi connectivity index (χ4n) is 2.51. The van der Waals surface area contributed by atoms with Gasteiger partial charge in [0.15, 0.2) is 0 Å². The zero-order valence-electron chi connectivity index (χ0n) is 13.5. The molecule has 0 aliphatic heterocycles. The van der Waals surface area contributed by atoms with Gasteiger partial charge in [0.2, 0.25) is 0 Å². The molecule has 0 aliphatic carbocycles. The van der Waals surface area contributed by atoms with Crippen molar-refractivity contribution in [1.29, 1.82) is 0 Å². The van der Waals surface area contributed by atoms with Crippen LogP contribution in [0, 0.1) is 20.8 Å². The topological polar surface area (TPSA) is 58.7 Å². The van der Waals surface area contributed by atoms with Gasteiger partial charge in [-0.25, -0.2) is 0 Å². The lowest BCUT2D eigenvalue weighted by Gasteiger charge is -2.25. The van der Waals surface area contributed by atoms with Crippen molar-refractivity contribution in [3.05, 3.63) is 28.3 Å². The van der Waals surface area contributed by atoms with Gasteiger partial charge in [0.05, 0.1) is 13.2 Å². The smallest absolute Gasteiger partial charge is 0.122 e. The fraction of sp³-hybridized carbons (Fsp3) is 0.625. The maximum atomic E-state index is 10.6. The molecule has 114 valence electrons. The van der Waals surface area contributed by atoms with Gasteiger partial charge in [0.25, 0.3) is 0 Å². The standard InChI is InChI=1S/C16H28N2O2/c1-10-9-14(20-6)11(2)12(3)15(10)16(19)13(17)7-8-18(4)5/h9,13,16,19H,7-8,17H2,1-6H3. The minimum atomic E-state index is -0.639. The molecule has 4 nitrogen and oxygen atoms in total. The molecule has 1 aromatic rings. The minimum absolute atomic E-state index is 0.261. The van der Waals surface area contributed by atoms with Crippen LogP contribution in [0.4, 0.5) is 0 Å². The van der Waals surface area contributed by atoms with E-state index in [1.807, 2.05) is 40.9 Å². The molecule has 0 spiro atoms. The van der Waals surface area contributed by atoms with E-state index in [0.29, 0.717) is 0 Å². The minimum Gasteiger partial charge on any atom is -0.496 e. The zero-order valence-corrected chi connectivity index (χ0v) is 13.5. The predicted molar refractivity (Wildman–Crippen MR) is 83.3 cm³/mol. The van der Waals surface area contributed by atoms with Crippen molar-refractivity contribution in [2.24, 2.45) is 5.73 Å². The number of ether oxygens (including phenoxy) is 1. The van der Waals surface area contributed by atoms with Crippen LogP contribution in [-0.4, -0.2) is 43.8 Å². The van der Waals surface area contributed by atoms with E-state index in [2.05, 4.69) is 4.90 Å². The number of nitrogens with zero attached hydrogens (tertiary/aromatic N) is 1. The van der Waals surface area contributed by atoms with Crippen molar-refractivity contribution >= 4 is 0 Å². The summed E-state index contributed by atoms with van der Waals surface area (Å²) < 4.78 is 5.36. The molecule has 0 aromatic heterocycles. The Morgan fingerprint density at radius 2 is 1.85 bits per heavy atom. The number of methoxy groups -OCH3 is 1. The number of hydrogen-bond donors (Lipinski definition) is 2. The lowest BCUT2D eigenvalue weighted by atomic mass is 9.89. The third-order valence-corrected chi connectivity index (χ3v) is 3.94. The first-order valence-corrected chi connectivity index (χ1v) is 7.02. The van der Waals surface area contributed by atoms with E-state index in [1.165, 1.54) is 0 Å². The lowest BCUT2D eigenvalue weighted by molar-refractivity contribution is 0.136. The van der Waals surface area contributed by atoms with E-state index >= 15 is 0 Å². The van der Waals surface area contributed by atoms with Crippen LogP contribution in [0.1, 0.15) is 34.8 Å². The van der Waals surface area contributed by atoms with Crippen molar-refractivity contribution in [3.63, 3.8) is 0 Å². The van der Waals surface area contributed by atoms with Gasteiger partial charge in [-0.05, 0) is 76.2 Å². The number of aliphatic hydroxyl groups excluding tert-OH is 1. The second kappa shape index (κ2) is 7.07. The highest BCUT2D eigenvalue weighted by atomic mass is 16.5. The summed E-state index contributed by atoms with van der Waals surface area (Å²) in [7, 11) is 5.68. The summed E-state index contributed by atoms with van der Waals surface area (Å²) >= 11 is 0. The second-order valence-corrected chi connectivity index (χ2v) is 5.76. The number of hydrogen-bond acceptors (Lipinski definition) is 4. The van der Waals surface area contributed by atoms with Crippen molar-refractivity contribution < 1.29 is 9.84 Å². The Labute approximate surface area is 122 Å². The van der Waals surface area contributed by atoms with E-state index in [-0.39, 0.29) is 6.04 Å². The summed E-state index contributed by atoms with van der Waals surface area (Å²) in [6.45, 7) is 6.88. The zero-order chi connectivity index (χ0) is 15.4. The highest BCUT2D eigenvalue weighted by molar-refractivity contribution is 5.49. The van der Waals surface area contributed by atoms with Gasteiger partial charge in [-0.15, -0.1) is 0 Å². The molecule has 0 radical (unpaired) electrons. The summed E-state index contributed by atoms with van der Waals surface area (Å²) in [6.07, 6.45) is 0.123. The molecule has 0 saturated heterocycles. The first kappa shape index (κ1) is 17.0. The van der Waals surface area contributed by atoms with Crippen molar-refractivity contribution in [1.82, 2.24) is 4.90 Å². The van der Waals surface area contributed by atoms with Crippen LogP contribution in [0.5, 0.6) is 5.75 Å². The van der Waals surface area contributed by atoms with Gasteiger partial charge >= 0.3 is 0 Å². The van der Waals surface area contributed by atoms with Crippen LogP contribution >= 0.6 is 0 Å². The SMILES string of the molecule is COc1cc(C)c(C(O)C(N)CCN(C)C)c(C)c1C. The first-order valence-electron chi connectivity index (χ1n) is 7.02. The Morgan fingerprint density at radius 1 is 1.25 bits per heavy atom. The van der Waals surface area contributed by atoms with Crippen LogP contribution in [0.3, 0.4) is 0 Å². The fourth-order valence-corrected chi connectivity index (χ4v) is 2.51. The van der Waals surface area contributed by atoms with Crippen LogP contribution in [0.2, 0.25) is 0 Å². The number of aryl methyl sites for hydroxylation is 1. The third kappa shape index (κ3) is 3.72. The van der Waals surface area contributed by atoms with Crippen molar-refractivity contribution in [2.75, 3.05) is 27.7 Å². The first-order chi connectivity index (χ1) is 9.29. The average molecular weight is 280 g/mol. The molecule has 1 aromatic carbocycles. The van der Waals surface area contributed by atoms with E-state index in [9.17, 15) is 5.11 Å². The summed E-state index contributed by atoms with van der Waals surface area (Å²) in [5, 5.41) is 10.6. The Morgan fingerprint density at radius 3 is 2.35 bits per heavy atom. The number of benzene rings is 1. The van der Waals surface area contributed by atoms with E-state index < -0.39 is 6.10 Å². The summed E-state index contributed by atoms with van der Waals surface area (Å²) in [6, 6.07) is 1.71. The summed E-state index contributed by atoms with van der Waals surface area (Å²) in [4.78, 5) is 2.07. The number of aliphatic hydroxyl groups is 1. The monoisotopic (exact) mass is 280 g/mol. The number of nitrogens with two attached hydrogens (primary N) is 1. The van der Waals surface area contributed by atoms with Gasteiger partial charge in [0, 0.05) is 6.04 Å². The molecule has 3 N–H and O–H groups in total. The molecular formula is C16H28N2O2. The molecular weight excluding hydrogens is 252 g/mol. The summed E-state index contributed by atoms with van der Waals surface area (Å²) in [5.41, 5.74) is 10.2. The molecule has 0 heterocycles. The molecule has 0 aliphatic rings. The predicted octanol–water partition coefficient (Wildman–Crippen LogP) is 1.93. The van der Waals surface area contributed by atoms with Gasteiger partial charge in [0.1, 0.15) is 5.75 Å². The average Bonchev–Trinajstić information content (AvgIpc) is 2.39. The van der Waals surface area contributed by atoms with E-state index in [1.54, 1.807) is 7.11 Å². The van der Waals surface area contributed by atoms with Gasteiger partial charge in [-0.2, -0.15) is 0 Å². The third-order valence-electron chi connectivity index (χ3n) is 3.94. The Kier molecular flexibility index (Phi) is 5.99. The number of rotatable bonds is 6. The molecule has 0 saturated carbocycles. The Hall–Kier alpha value is -1.10. The van der Waals surface area contributed by atoms with Crippen molar-refractivity contribution in [3.8, 4) is 5.75 Å². The molecule has 4 heteroatoms. The quantitative estimate of drug-likeness (QED) is 0.836. The maximum absolute atomic E-state index is 10.6. The second-order valence-electron chi connectivity index (χ2n) is 5.76. The van der Waals surface area contributed by atoms with E-state index in [4.69, 9.17) is 10.5 Å². The van der Waals surface area contributed by atoms with Gasteiger partial charge in [-0.1, -0.05) is 0 Å². The van der Waals surface area contributed by atoms with E-state index in [0.717, 1.165) is 41.0 Å². The molecule has 0 fully saturated rings. The molecule has 1 rings (SSSR count). The maximum Gasteiger partial charge on any atom is 0.122 e. The van der Waals surface area contributed by atoms with Crippen LogP contribution in [0.15, 0.2) is 6.07 Å². The molecule has 2 unspecified atom stereocenters. The van der Waals surface area contributed by atoms with Crippen molar-refractivity contribution in [2.45, 2.75) is 39.3 Å². The Balaban J connectivity index is 3.04. The lowest BCUT2D eigenvalue weighted by Crippen LogP contribution is -2.33. The van der Waals surface area contributed by atoms with Crippen LogP contribution in [0.25, 0.3) is 0 Å². The highest BCUT2D eigenvalue weighted by Gasteiger charge is 2.22. The summed E-state index contributed by atoms with van der Waals surface area (Å²) in [5.74, 6) is 0.859. The molecule has 2 atom stereocenters. The van der Waals surface area contributed by atoms with Crippen LogP contribution < -0.4 is 10.5 Å². The Bertz CT molecular complexity index is 458. The van der Waals surface area contributed by atoms with Gasteiger partial charge in [-0.3, -0.25) is 0 Å². The molecule has 20 heavy (non-hydrogen) atoms. The largest absolute Gasteiger partial charge is 0.496 e.